The molecule has 0 unspecified atom stereocenters. The maximum Gasteiger partial charge on any atom is 0.148 e. The van der Waals surface area contributed by atoms with Crippen molar-refractivity contribution in [2.24, 2.45) is 5.92 Å². The first kappa shape index (κ1) is 12.0. The highest BCUT2D eigenvalue weighted by atomic mass is 35.5. The van der Waals surface area contributed by atoms with E-state index in [0.717, 1.165) is 38.5 Å². The molecule has 0 amide bonds. The molecule has 0 aromatic heterocycles. The van der Waals surface area contributed by atoms with Crippen molar-refractivity contribution in [1.29, 1.82) is 0 Å². The number of Topliss-reactive ketones (excluding diaryl/α,β-unsaturated/α-hetero) is 1. The molecule has 2 aliphatic heterocycles. The Labute approximate surface area is 91.6 Å². The van der Waals surface area contributed by atoms with Gasteiger partial charge in [-0.15, -0.1) is 12.4 Å². The summed E-state index contributed by atoms with van der Waals surface area (Å²) < 4.78 is 0. The molecule has 2 rings (SSSR count). The molecular weight excluding hydrogens is 200 g/mol. The Balaban J connectivity index is 0.000000980. The topological polar surface area (TPSA) is 32.3 Å². The molecule has 0 aromatic carbocycles. The summed E-state index contributed by atoms with van der Waals surface area (Å²) >= 11 is 0. The molecule has 0 atom stereocenters. The second-order valence-corrected chi connectivity index (χ2v) is 4.22. The van der Waals surface area contributed by atoms with E-state index in [9.17, 15) is 4.79 Å². The summed E-state index contributed by atoms with van der Waals surface area (Å²) in [5.41, 5.74) is 0. The second kappa shape index (κ2) is 5.69. The zero-order valence-corrected chi connectivity index (χ0v) is 9.31. The van der Waals surface area contributed by atoms with E-state index in [2.05, 4.69) is 10.2 Å². The molecule has 0 aliphatic carbocycles. The fourth-order valence-electron chi connectivity index (χ4n) is 2.28. The van der Waals surface area contributed by atoms with Gasteiger partial charge in [-0.2, -0.15) is 0 Å². The maximum absolute atomic E-state index is 11.0. The van der Waals surface area contributed by atoms with Crippen LogP contribution >= 0.6 is 12.4 Å². The smallest absolute Gasteiger partial charge is 0.148 e. The molecule has 2 fully saturated rings. The van der Waals surface area contributed by atoms with Crippen LogP contribution in [0.4, 0.5) is 0 Å². The largest absolute Gasteiger partial charge is 0.317 e. The Morgan fingerprint density at radius 2 is 2.07 bits per heavy atom. The minimum absolute atomic E-state index is 0. The first-order chi connectivity index (χ1) is 6.34. The number of hydrogen-bond acceptors (Lipinski definition) is 3. The van der Waals surface area contributed by atoms with Gasteiger partial charge in [0, 0.05) is 19.5 Å². The van der Waals surface area contributed by atoms with E-state index < -0.39 is 0 Å². The van der Waals surface area contributed by atoms with Crippen molar-refractivity contribution in [3.8, 4) is 0 Å². The van der Waals surface area contributed by atoms with Crippen LogP contribution in [0.5, 0.6) is 0 Å². The molecule has 2 heterocycles. The van der Waals surface area contributed by atoms with Gasteiger partial charge in [-0.3, -0.25) is 9.69 Å². The molecule has 1 N–H and O–H groups in total. The van der Waals surface area contributed by atoms with Gasteiger partial charge in [0.15, 0.2) is 0 Å². The molecule has 2 aliphatic rings. The normalized spacial score (nSPS) is 25.0. The van der Waals surface area contributed by atoms with Crippen LogP contribution in [0.15, 0.2) is 0 Å². The SMILES string of the molecule is Cl.O=C1CCN(CC2CCNCC2)C1. The lowest BCUT2D eigenvalue weighted by atomic mass is 9.98. The third kappa shape index (κ3) is 3.23. The molecule has 0 spiro atoms. The number of rotatable bonds is 2. The summed E-state index contributed by atoms with van der Waals surface area (Å²) in [6.07, 6.45) is 3.35. The van der Waals surface area contributed by atoms with Crippen molar-refractivity contribution in [3.05, 3.63) is 0 Å². The fraction of sp³-hybridized carbons (Fsp3) is 0.900. The highest BCUT2D eigenvalue weighted by molar-refractivity contribution is 5.85. The fourth-order valence-corrected chi connectivity index (χ4v) is 2.28. The molecular formula is C10H19ClN2O. The third-order valence-electron chi connectivity index (χ3n) is 3.08. The monoisotopic (exact) mass is 218 g/mol. The maximum atomic E-state index is 11.0. The van der Waals surface area contributed by atoms with Crippen molar-refractivity contribution >= 4 is 18.2 Å². The number of hydrogen-bond donors (Lipinski definition) is 1. The summed E-state index contributed by atoms with van der Waals surface area (Å²) in [4.78, 5) is 13.4. The van der Waals surface area contributed by atoms with Gasteiger partial charge in [0.05, 0.1) is 6.54 Å². The predicted octanol–water partition coefficient (Wildman–Crippen LogP) is 0.683. The number of nitrogens with one attached hydrogen (secondary N) is 1. The lowest BCUT2D eigenvalue weighted by Crippen LogP contribution is -2.35. The van der Waals surface area contributed by atoms with Gasteiger partial charge in [0.1, 0.15) is 5.78 Å². The van der Waals surface area contributed by atoms with Crippen LogP contribution < -0.4 is 5.32 Å². The Bertz CT molecular complexity index is 193. The Kier molecular flexibility index (Phi) is 4.85. The second-order valence-electron chi connectivity index (χ2n) is 4.22. The number of carbonyl (C=O) groups is 1. The average Bonchev–Trinajstić information content (AvgIpc) is 2.53. The number of piperidine rings is 1. The van der Waals surface area contributed by atoms with E-state index in [0.29, 0.717) is 12.3 Å². The average molecular weight is 219 g/mol. The van der Waals surface area contributed by atoms with Gasteiger partial charge in [0.2, 0.25) is 0 Å². The van der Waals surface area contributed by atoms with E-state index in [1.54, 1.807) is 0 Å². The summed E-state index contributed by atoms with van der Waals surface area (Å²) in [5, 5.41) is 3.36. The van der Waals surface area contributed by atoms with Crippen LogP contribution in [-0.2, 0) is 4.79 Å². The number of nitrogens with zero attached hydrogens (tertiary/aromatic N) is 1. The van der Waals surface area contributed by atoms with Crippen LogP contribution in [0.2, 0.25) is 0 Å². The molecule has 3 nitrogen and oxygen atoms in total. The van der Waals surface area contributed by atoms with Crippen LogP contribution in [-0.4, -0.2) is 43.4 Å². The zero-order chi connectivity index (χ0) is 9.10. The van der Waals surface area contributed by atoms with E-state index in [1.807, 2.05) is 0 Å². The molecule has 14 heavy (non-hydrogen) atoms. The van der Waals surface area contributed by atoms with Crippen LogP contribution in [0, 0.1) is 5.92 Å². The third-order valence-corrected chi connectivity index (χ3v) is 3.08. The summed E-state index contributed by atoms with van der Waals surface area (Å²) in [6, 6.07) is 0. The number of halogens is 1. The Morgan fingerprint density at radius 3 is 2.64 bits per heavy atom. The molecule has 0 saturated carbocycles. The highest BCUT2D eigenvalue weighted by Gasteiger charge is 2.23. The number of carbonyl (C=O) groups excluding carboxylic acids is 1. The molecule has 2 saturated heterocycles. The predicted molar refractivity (Wildman–Crippen MR) is 58.9 cm³/mol. The van der Waals surface area contributed by atoms with Crippen LogP contribution in [0.25, 0.3) is 0 Å². The quantitative estimate of drug-likeness (QED) is 0.740. The van der Waals surface area contributed by atoms with Gasteiger partial charge in [0.25, 0.3) is 0 Å². The molecule has 0 radical (unpaired) electrons. The number of ketones is 1. The lowest BCUT2D eigenvalue weighted by Gasteiger charge is -2.26. The highest BCUT2D eigenvalue weighted by Crippen LogP contribution is 2.15. The van der Waals surface area contributed by atoms with Crippen LogP contribution in [0.3, 0.4) is 0 Å². The van der Waals surface area contributed by atoms with E-state index >= 15 is 0 Å². The standard InChI is InChI=1S/C10H18N2O.ClH/c13-10-3-6-12(8-10)7-9-1-4-11-5-2-9;/h9,11H,1-8H2;1H. The molecule has 0 bridgehead atoms. The minimum Gasteiger partial charge on any atom is -0.317 e. The summed E-state index contributed by atoms with van der Waals surface area (Å²) in [7, 11) is 0. The van der Waals surface area contributed by atoms with Crippen LogP contribution in [0.1, 0.15) is 19.3 Å². The Morgan fingerprint density at radius 1 is 1.36 bits per heavy atom. The van der Waals surface area contributed by atoms with Gasteiger partial charge >= 0.3 is 0 Å². The van der Waals surface area contributed by atoms with Crippen molar-refractivity contribution < 1.29 is 4.79 Å². The van der Waals surface area contributed by atoms with E-state index in [-0.39, 0.29) is 12.4 Å². The minimum atomic E-state index is 0. The van der Waals surface area contributed by atoms with E-state index in [4.69, 9.17) is 0 Å². The van der Waals surface area contributed by atoms with Gasteiger partial charge < -0.3 is 5.32 Å². The van der Waals surface area contributed by atoms with Crippen molar-refractivity contribution in [2.45, 2.75) is 19.3 Å². The summed E-state index contributed by atoms with van der Waals surface area (Å²) in [5.74, 6) is 1.25. The molecule has 4 heteroatoms. The Hall–Kier alpha value is -0.120. The van der Waals surface area contributed by atoms with Crippen molar-refractivity contribution in [1.82, 2.24) is 10.2 Å². The lowest BCUT2D eigenvalue weighted by molar-refractivity contribution is -0.116. The van der Waals surface area contributed by atoms with Gasteiger partial charge in [-0.1, -0.05) is 0 Å². The van der Waals surface area contributed by atoms with Gasteiger partial charge in [-0.25, -0.2) is 0 Å². The van der Waals surface area contributed by atoms with Crippen molar-refractivity contribution in [3.63, 3.8) is 0 Å². The van der Waals surface area contributed by atoms with Crippen molar-refractivity contribution in [2.75, 3.05) is 32.7 Å². The zero-order valence-electron chi connectivity index (χ0n) is 8.50. The van der Waals surface area contributed by atoms with Gasteiger partial charge in [-0.05, 0) is 31.8 Å². The summed E-state index contributed by atoms with van der Waals surface area (Å²) in [6.45, 7) is 5.18. The first-order valence-electron chi connectivity index (χ1n) is 5.29. The molecule has 0 aromatic rings. The first-order valence-corrected chi connectivity index (χ1v) is 5.29. The van der Waals surface area contributed by atoms with E-state index in [1.165, 1.54) is 12.8 Å². The molecule has 82 valence electrons. The number of likely N-dealkylation sites (tertiary alicyclic amines) is 1.